The van der Waals surface area contributed by atoms with Crippen LogP contribution in [0.2, 0.25) is 0 Å². The molecule has 0 saturated carbocycles. The molecule has 0 bridgehead atoms. The zero-order valence-corrected chi connectivity index (χ0v) is 17.9. The average Bonchev–Trinajstić information content (AvgIpc) is 3.12. The number of carbonyl (C=O) groups is 2. The zero-order valence-electron chi connectivity index (χ0n) is 14.7. The van der Waals surface area contributed by atoms with E-state index < -0.39 is 0 Å². The standard InChI is InChI=1S/C20H16BrN3O2S2/c21-14-7-5-13(6-8-14)9-15-10-22-20(28-15)23-18(25)11-24-16-3-1-2-4-17(16)27-12-19(24)26/h1-8,10H,9,11-12H2,(H,22,23,25). The molecule has 142 valence electrons. The van der Waals surface area contributed by atoms with Crippen LogP contribution in [0.3, 0.4) is 0 Å². The molecule has 1 aliphatic heterocycles. The van der Waals surface area contributed by atoms with Crippen molar-refractivity contribution in [3.8, 4) is 0 Å². The second-order valence-electron chi connectivity index (χ2n) is 6.22. The quantitative estimate of drug-likeness (QED) is 0.589. The molecule has 1 aliphatic rings. The number of nitrogens with zero attached hydrogens (tertiary/aromatic N) is 2. The summed E-state index contributed by atoms with van der Waals surface area (Å²) in [6.45, 7) is -0.0158. The van der Waals surface area contributed by atoms with Crippen molar-refractivity contribution in [2.24, 2.45) is 0 Å². The topological polar surface area (TPSA) is 62.3 Å². The average molecular weight is 474 g/mol. The molecule has 3 aromatic rings. The van der Waals surface area contributed by atoms with E-state index in [1.54, 1.807) is 6.20 Å². The summed E-state index contributed by atoms with van der Waals surface area (Å²) in [5.74, 6) is 0.0346. The van der Waals surface area contributed by atoms with Gasteiger partial charge in [-0.1, -0.05) is 40.2 Å². The van der Waals surface area contributed by atoms with Crippen LogP contribution in [0.4, 0.5) is 10.8 Å². The predicted molar refractivity (Wildman–Crippen MR) is 117 cm³/mol. The van der Waals surface area contributed by atoms with E-state index in [0.717, 1.165) is 26.4 Å². The molecule has 0 atom stereocenters. The largest absolute Gasteiger partial charge is 0.301 e. The number of anilines is 2. The van der Waals surface area contributed by atoms with Crippen molar-refractivity contribution in [3.05, 3.63) is 69.6 Å². The van der Waals surface area contributed by atoms with Gasteiger partial charge < -0.3 is 10.2 Å². The Morgan fingerprint density at radius 2 is 1.96 bits per heavy atom. The van der Waals surface area contributed by atoms with Crippen molar-refractivity contribution < 1.29 is 9.59 Å². The highest BCUT2D eigenvalue weighted by atomic mass is 79.9. The first-order chi connectivity index (χ1) is 13.6. The molecule has 5 nitrogen and oxygen atoms in total. The maximum atomic E-state index is 12.5. The molecule has 0 saturated heterocycles. The predicted octanol–water partition coefficient (Wildman–Crippen LogP) is 4.57. The van der Waals surface area contributed by atoms with Gasteiger partial charge in [-0.15, -0.1) is 23.1 Å². The van der Waals surface area contributed by atoms with Crippen LogP contribution in [0, 0.1) is 0 Å². The zero-order chi connectivity index (χ0) is 19.5. The second kappa shape index (κ2) is 8.46. The number of carbonyl (C=O) groups excluding carboxylic acids is 2. The van der Waals surface area contributed by atoms with Crippen molar-refractivity contribution in [3.63, 3.8) is 0 Å². The molecule has 4 rings (SSSR count). The van der Waals surface area contributed by atoms with Gasteiger partial charge in [0.15, 0.2) is 5.13 Å². The Morgan fingerprint density at radius 3 is 2.79 bits per heavy atom. The first kappa shape index (κ1) is 19.2. The van der Waals surface area contributed by atoms with Crippen molar-refractivity contribution in [2.75, 3.05) is 22.5 Å². The molecule has 1 N–H and O–H groups in total. The fraction of sp³-hybridized carbons (Fsp3) is 0.150. The van der Waals surface area contributed by atoms with Crippen LogP contribution >= 0.6 is 39.0 Å². The van der Waals surface area contributed by atoms with Crippen LogP contribution < -0.4 is 10.2 Å². The first-order valence-corrected chi connectivity index (χ1v) is 11.2. The van der Waals surface area contributed by atoms with E-state index in [9.17, 15) is 9.59 Å². The molecule has 2 aromatic carbocycles. The highest BCUT2D eigenvalue weighted by Crippen LogP contribution is 2.34. The maximum absolute atomic E-state index is 12.5. The van der Waals surface area contributed by atoms with Gasteiger partial charge in [-0.25, -0.2) is 4.98 Å². The smallest absolute Gasteiger partial charge is 0.246 e. The number of thioether (sulfide) groups is 1. The van der Waals surface area contributed by atoms with E-state index in [1.807, 2.05) is 36.4 Å². The third-order valence-electron chi connectivity index (χ3n) is 4.20. The summed E-state index contributed by atoms with van der Waals surface area (Å²) in [6.07, 6.45) is 2.54. The number of aromatic nitrogens is 1. The van der Waals surface area contributed by atoms with E-state index in [2.05, 4.69) is 38.4 Å². The molecule has 0 fully saturated rings. The molecule has 8 heteroatoms. The van der Waals surface area contributed by atoms with Crippen molar-refractivity contribution in [1.82, 2.24) is 4.98 Å². The Bertz CT molecular complexity index is 1020. The SMILES string of the molecule is O=C(CN1C(=O)CSc2ccccc21)Nc1ncc(Cc2ccc(Br)cc2)s1. The molecule has 1 aromatic heterocycles. The summed E-state index contributed by atoms with van der Waals surface area (Å²) in [5.41, 5.74) is 1.96. The third kappa shape index (κ3) is 4.45. The normalized spacial score (nSPS) is 13.3. The number of para-hydroxylation sites is 1. The molecule has 0 unspecified atom stereocenters. The molecular weight excluding hydrogens is 458 g/mol. The van der Waals surface area contributed by atoms with E-state index in [-0.39, 0.29) is 18.4 Å². The summed E-state index contributed by atoms with van der Waals surface area (Å²) in [6, 6.07) is 15.8. The Hall–Kier alpha value is -2.16. The highest BCUT2D eigenvalue weighted by Gasteiger charge is 2.26. The Morgan fingerprint density at radius 1 is 1.18 bits per heavy atom. The van der Waals surface area contributed by atoms with Crippen LogP contribution in [0.1, 0.15) is 10.4 Å². The Balaban J connectivity index is 1.40. The van der Waals surface area contributed by atoms with Crippen LogP contribution in [0.5, 0.6) is 0 Å². The fourth-order valence-corrected chi connectivity index (χ4v) is 4.94. The maximum Gasteiger partial charge on any atom is 0.246 e. The molecule has 2 heterocycles. The number of fused-ring (bicyclic) bond motifs is 1. The van der Waals surface area contributed by atoms with Crippen LogP contribution in [-0.2, 0) is 16.0 Å². The Kier molecular flexibility index (Phi) is 5.79. The lowest BCUT2D eigenvalue weighted by atomic mass is 10.1. The second-order valence-corrected chi connectivity index (χ2v) is 9.27. The van der Waals surface area contributed by atoms with E-state index in [0.29, 0.717) is 10.9 Å². The van der Waals surface area contributed by atoms with E-state index in [1.165, 1.54) is 33.6 Å². The lowest BCUT2D eigenvalue weighted by molar-refractivity contribution is -0.120. The van der Waals surface area contributed by atoms with Crippen molar-refractivity contribution in [2.45, 2.75) is 11.3 Å². The van der Waals surface area contributed by atoms with Gasteiger partial charge in [0.2, 0.25) is 11.8 Å². The monoisotopic (exact) mass is 473 g/mol. The minimum atomic E-state index is -0.250. The molecule has 0 aliphatic carbocycles. The lowest BCUT2D eigenvalue weighted by Gasteiger charge is -2.28. The summed E-state index contributed by atoms with van der Waals surface area (Å²) in [7, 11) is 0. The number of hydrogen-bond donors (Lipinski definition) is 1. The number of halogens is 1. The number of rotatable bonds is 5. The van der Waals surface area contributed by atoms with Gasteiger partial charge in [0.05, 0.1) is 11.4 Å². The summed E-state index contributed by atoms with van der Waals surface area (Å²) < 4.78 is 1.04. The van der Waals surface area contributed by atoms with Gasteiger partial charge in [0.25, 0.3) is 0 Å². The third-order valence-corrected chi connectivity index (χ3v) is 6.69. The molecular formula is C20H16BrN3O2S2. The number of nitrogens with one attached hydrogen (secondary N) is 1. The van der Waals surface area contributed by atoms with Gasteiger partial charge in [0, 0.05) is 26.9 Å². The minimum Gasteiger partial charge on any atom is -0.301 e. The lowest BCUT2D eigenvalue weighted by Crippen LogP contribution is -2.41. The fourth-order valence-electron chi connectivity index (χ4n) is 2.88. The van der Waals surface area contributed by atoms with Crippen LogP contribution in [-0.4, -0.2) is 29.1 Å². The summed E-state index contributed by atoms with van der Waals surface area (Å²) >= 11 is 6.38. The van der Waals surface area contributed by atoms with Crippen LogP contribution in [0.25, 0.3) is 0 Å². The number of benzene rings is 2. The highest BCUT2D eigenvalue weighted by molar-refractivity contribution is 9.10. The Labute approximate surface area is 179 Å². The van der Waals surface area contributed by atoms with E-state index >= 15 is 0 Å². The van der Waals surface area contributed by atoms with Gasteiger partial charge in [-0.3, -0.25) is 9.59 Å². The minimum absolute atomic E-state index is 0.0158. The number of thiazole rings is 1. The molecule has 2 amide bonds. The number of hydrogen-bond acceptors (Lipinski definition) is 5. The molecule has 0 spiro atoms. The van der Waals surface area contributed by atoms with Gasteiger partial charge >= 0.3 is 0 Å². The summed E-state index contributed by atoms with van der Waals surface area (Å²) in [5, 5.41) is 3.36. The van der Waals surface area contributed by atoms with Gasteiger partial charge in [0.1, 0.15) is 6.54 Å². The van der Waals surface area contributed by atoms with Crippen LogP contribution in [0.15, 0.2) is 64.1 Å². The van der Waals surface area contributed by atoms with Crippen molar-refractivity contribution in [1.29, 1.82) is 0 Å². The number of amides is 2. The molecule has 0 radical (unpaired) electrons. The van der Waals surface area contributed by atoms with Crippen molar-refractivity contribution >= 4 is 61.7 Å². The molecule has 28 heavy (non-hydrogen) atoms. The summed E-state index contributed by atoms with van der Waals surface area (Å²) in [4.78, 5) is 32.7. The van der Waals surface area contributed by atoms with Gasteiger partial charge in [-0.2, -0.15) is 0 Å². The van der Waals surface area contributed by atoms with Gasteiger partial charge in [-0.05, 0) is 29.8 Å². The first-order valence-electron chi connectivity index (χ1n) is 8.60. The van der Waals surface area contributed by atoms with E-state index in [4.69, 9.17) is 0 Å².